The van der Waals surface area contributed by atoms with Gasteiger partial charge in [-0.15, -0.1) is 0 Å². The summed E-state index contributed by atoms with van der Waals surface area (Å²) < 4.78 is 5.86. The van der Waals surface area contributed by atoms with Crippen molar-refractivity contribution in [1.82, 2.24) is 0 Å². The summed E-state index contributed by atoms with van der Waals surface area (Å²) in [5.74, 6) is 0.655. The maximum Gasteiger partial charge on any atom is 0.170 e. The Bertz CT molecular complexity index is 652. The summed E-state index contributed by atoms with van der Waals surface area (Å²) in [6.45, 7) is 0. The van der Waals surface area contributed by atoms with Crippen LogP contribution in [0.5, 0.6) is 5.75 Å². The summed E-state index contributed by atoms with van der Waals surface area (Å²) in [7, 11) is 0. The topological polar surface area (TPSA) is 26.3 Å². The van der Waals surface area contributed by atoms with Gasteiger partial charge in [0.25, 0.3) is 0 Å². The number of fused-ring (bicyclic) bond motifs is 1. The monoisotopic (exact) mass is 292 g/mol. The van der Waals surface area contributed by atoms with Crippen molar-refractivity contribution in [2.24, 2.45) is 0 Å². The SMILES string of the molecule is O=C1CC(c2cc(Cl)ccc2Cl)Oc2ccccc21. The van der Waals surface area contributed by atoms with E-state index >= 15 is 0 Å². The summed E-state index contributed by atoms with van der Waals surface area (Å²) in [4.78, 5) is 12.1. The Morgan fingerprint density at radius 1 is 1.11 bits per heavy atom. The van der Waals surface area contributed by atoms with Crippen LogP contribution in [0.25, 0.3) is 0 Å². The number of Topliss-reactive ketones (excluding diaryl/α,β-unsaturated/α-hetero) is 1. The molecule has 4 heteroatoms. The van der Waals surface area contributed by atoms with Crippen LogP contribution in [0.2, 0.25) is 10.0 Å². The summed E-state index contributed by atoms with van der Waals surface area (Å²) in [6, 6.07) is 12.4. The van der Waals surface area contributed by atoms with Gasteiger partial charge < -0.3 is 4.74 Å². The molecular formula is C15H10Cl2O2. The zero-order valence-electron chi connectivity index (χ0n) is 9.90. The second-order valence-corrected chi connectivity index (χ2v) is 5.24. The number of carbonyl (C=O) groups is 1. The Hall–Kier alpha value is -1.51. The molecule has 0 N–H and O–H groups in total. The van der Waals surface area contributed by atoms with Gasteiger partial charge in [-0.1, -0.05) is 35.3 Å². The van der Waals surface area contributed by atoms with Gasteiger partial charge >= 0.3 is 0 Å². The first-order valence-electron chi connectivity index (χ1n) is 5.89. The van der Waals surface area contributed by atoms with Gasteiger partial charge in [-0.05, 0) is 30.3 Å². The van der Waals surface area contributed by atoms with E-state index in [0.717, 1.165) is 5.56 Å². The van der Waals surface area contributed by atoms with Crippen molar-refractivity contribution < 1.29 is 9.53 Å². The fraction of sp³-hybridized carbons (Fsp3) is 0.133. The lowest BCUT2D eigenvalue weighted by Crippen LogP contribution is -2.20. The number of para-hydroxylation sites is 1. The van der Waals surface area contributed by atoms with Crippen molar-refractivity contribution in [3.63, 3.8) is 0 Å². The Morgan fingerprint density at radius 2 is 1.89 bits per heavy atom. The molecule has 1 atom stereocenters. The lowest BCUT2D eigenvalue weighted by molar-refractivity contribution is 0.0850. The Kier molecular flexibility index (Phi) is 3.21. The first kappa shape index (κ1) is 12.5. The quantitative estimate of drug-likeness (QED) is 0.761. The molecule has 0 saturated carbocycles. The number of benzene rings is 2. The normalized spacial score (nSPS) is 17.8. The van der Waals surface area contributed by atoms with Crippen molar-refractivity contribution >= 4 is 29.0 Å². The lowest BCUT2D eigenvalue weighted by atomic mass is 9.96. The van der Waals surface area contributed by atoms with Gasteiger partial charge in [0.2, 0.25) is 0 Å². The van der Waals surface area contributed by atoms with Crippen molar-refractivity contribution in [3.05, 3.63) is 63.6 Å². The van der Waals surface area contributed by atoms with E-state index in [9.17, 15) is 4.79 Å². The molecule has 0 aromatic heterocycles. The van der Waals surface area contributed by atoms with Crippen LogP contribution < -0.4 is 4.74 Å². The first-order chi connectivity index (χ1) is 9.15. The predicted octanol–water partition coefficient (Wildman–Crippen LogP) is 4.70. The third kappa shape index (κ3) is 2.34. The summed E-state index contributed by atoms with van der Waals surface area (Å²) >= 11 is 12.1. The van der Waals surface area contributed by atoms with E-state index in [1.165, 1.54) is 0 Å². The van der Waals surface area contributed by atoms with Crippen molar-refractivity contribution in [2.75, 3.05) is 0 Å². The van der Waals surface area contributed by atoms with Gasteiger partial charge in [-0.2, -0.15) is 0 Å². The minimum atomic E-state index is -0.381. The lowest BCUT2D eigenvalue weighted by Gasteiger charge is -2.26. The summed E-state index contributed by atoms with van der Waals surface area (Å²) in [6.07, 6.45) is -0.106. The number of rotatable bonds is 1. The standard InChI is InChI=1S/C15H10Cl2O2/c16-9-5-6-12(17)11(7-9)15-8-13(18)10-3-1-2-4-14(10)19-15/h1-7,15H,8H2. The predicted molar refractivity (Wildman–Crippen MR) is 75.2 cm³/mol. The Balaban J connectivity index is 2.01. The van der Waals surface area contributed by atoms with Gasteiger partial charge in [-0.3, -0.25) is 4.79 Å². The van der Waals surface area contributed by atoms with Crippen LogP contribution in [-0.2, 0) is 0 Å². The minimum Gasteiger partial charge on any atom is -0.484 e. The number of carbonyl (C=O) groups excluding carboxylic acids is 1. The molecule has 0 fully saturated rings. The zero-order valence-corrected chi connectivity index (χ0v) is 11.4. The molecule has 2 aromatic carbocycles. The van der Waals surface area contributed by atoms with E-state index in [1.54, 1.807) is 30.3 Å². The van der Waals surface area contributed by atoms with Gasteiger partial charge in [-0.25, -0.2) is 0 Å². The van der Waals surface area contributed by atoms with Crippen molar-refractivity contribution in [1.29, 1.82) is 0 Å². The third-order valence-corrected chi connectivity index (χ3v) is 3.71. The molecule has 0 aliphatic carbocycles. The van der Waals surface area contributed by atoms with Crippen LogP contribution in [0.1, 0.15) is 28.4 Å². The highest BCUT2D eigenvalue weighted by Crippen LogP contribution is 2.37. The molecule has 0 radical (unpaired) electrons. The number of ether oxygens (including phenoxy) is 1. The Morgan fingerprint density at radius 3 is 2.74 bits per heavy atom. The van der Waals surface area contributed by atoms with Gasteiger partial charge in [0.1, 0.15) is 11.9 Å². The van der Waals surface area contributed by atoms with E-state index < -0.39 is 0 Å². The van der Waals surface area contributed by atoms with Gasteiger partial charge in [0.15, 0.2) is 5.78 Å². The maximum atomic E-state index is 12.1. The molecule has 0 spiro atoms. The highest BCUT2D eigenvalue weighted by molar-refractivity contribution is 6.33. The molecule has 1 aliphatic rings. The molecule has 96 valence electrons. The molecule has 2 aromatic rings. The molecule has 0 bridgehead atoms. The minimum absolute atomic E-state index is 0.0582. The molecule has 1 unspecified atom stereocenters. The summed E-state index contributed by atoms with van der Waals surface area (Å²) in [5, 5.41) is 1.14. The van der Waals surface area contributed by atoms with Crippen LogP contribution in [0.15, 0.2) is 42.5 Å². The van der Waals surface area contributed by atoms with E-state index in [0.29, 0.717) is 21.4 Å². The smallest absolute Gasteiger partial charge is 0.170 e. The van der Waals surface area contributed by atoms with Gasteiger partial charge in [0, 0.05) is 15.6 Å². The maximum absolute atomic E-state index is 12.1. The molecule has 1 heterocycles. The molecule has 0 saturated heterocycles. The second-order valence-electron chi connectivity index (χ2n) is 4.40. The van der Waals surface area contributed by atoms with Crippen molar-refractivity contribution in [2.45, 2.75) is 12.5 Å². The van der Waals surface area contributed by atoms with Crippen LogP contribution in [0.3, 0.4) is 0 Å². The average molecular weight is 293 g/mol. The zero-order chi connectivity index (χ0) is 13.4. The molecule has 2 nitrogen and oxygen atoms in total. The fourth-order valence-corrected chi connectivity index (χ4v) is 2.63. The van der Waals surface area contributed by atoms with Crippen LogP contribution in [-0.4, -0.2) is 5.78 Å². The largest absolute Gasteiger partial charge is 0.484 e. The molecule has 1 aliphatic heterocycles. The molecule has 19 heavy (non-hydrogen) atoms. The number of ketones is 1. The van der Waals surface area contributed by atoms with Crippen molar-refractivity contribution in [3.8, 4) is 5.75 Å². The fourth-order valence-electron chi connectivity index (χ4n) is 2.21. The van der Waals surface area contributed by atoms with Crippen LogP contribution in [0, 0.1) is 0 Å². The average Bonchev–Trinajstić information content (AvgIpc) is 2.41. The van der Waals surface area contributed by atoms with Crippen LogP contribution in [0.4, 0.5) is 0 Å². The van der Waals surface area contributed by atoms with Crippen LogP contribution >= 0.6 is 23.2 Å². The second kappa shape index (κ2) is 4.87. The third-order valence-electron chi connectivity index (χ3n) is 3.13. The van der Waals surface area contributed by atoms with E-state index in [2.05, 4.69) is 0 Å². The molecular weight excluding hydrogens is 283 g/mol. The highest BCUT2D eigenvalue weighted by atomic mass is 35.5. The Labute approximate surface area is 120 Å². The first-order valence-corrected chi connectivity index (χ1v) is 6.64. The highest BCUT2D eigenvalue weighted by Gasteiger charge is 2.28. The van der Waals surface area contributed by atoms with E-state index in [-0.39, 0.29) is 18.3 Å². The van der Waals surface area contributed by atoms with Gasteiger partial charge in [0.05, 0.1) is 12.0 Å². The number of hydrogen-bond donors (Lipinski definition) is 0. The van der Waals surface area contributed by atoms with E-state index in [4.69, 9.17) is 27.9 Å². The molecule has 3 rings (SSSR count). The van der Waals surface area contributed by atoms with E-state index in [1.807, 2.05) is 12.1 Å². The molecule has 0 amide bonds. The summed E-state index contributed by atoms with van der Waals surface area (Å²) in [5.41, 5.74) is 1.37. The number of halogens is 2. The number of hydrogen-bond acceptors (Lipinski definition) is 2.